The van der Waals surface area contributed by atoms with E-state index in [2.05, 4.69) is 10.1 Å². The molecule has 3 atom stereocenters. The first-order valence-corrected chi connectivity index (χ1v) is 10.5. The molecule has 1 aliphatic heterocycles. The maximum atomic E-state index is 12.9. The summed E-state index contributed by atoms with van der Waals surface area (Å²) in [4.78, 5) is 12.3. The number of hydrogen-bond acceptors (Lipinski definition) is 5. The molecule has 1 N–H and O–H groups in total. The molecule has 1 aliphatic rings. The van der Waals surface area contributed by atoms with Gasteiger partial charge in [-0.15, -0.1) is 0 Å². The molecule has 0 spiro atoms. The molecule has 2 rings (SSSR count). The highest BCUT2D eigenvalue weighted by atomic mass is 32.2. The molecule has 0 aromatic heterocycles. The molecule has 1 fully saturated rings. The van der Waals surface area contributed by atoms with Crippen molar-refractivity contribution in [3.8, 4) is 0 Å². The summed E-state index contributed by atoms with van der Waals surface area (Å²) in [6, 6.07) is 4.83. The summed E-state index contributed by atoms with van der Waals surface area (Å²) in [6.45, 7) is 3.73. The molecule has 1 amide bonds. The average molecular weight is 438 g/mol. The second-order valence-electron chi connectivity index (χ2n) is 7.11. The quantitative estimate of drug-likeness (QED) is 0.706. The minimum Gasteiger partial charge on any atom is -0.373 e. The van der Waals surface area contributed by atoms with E-state index >= 15 is 0 Å². The summed E-state index contributed by atoms with van der Waals surface area (Å²) >= 11 is 0. The minimum absolute atomic E-state index is 0.0348. The Labute approximate surface area is 168 Å². The van der Waals surface area contributed by atoms with E-state index in [9.17, 15) is 26.4 Å². The number of amides is 1. The zero-order valence-corrected chi connectivity index (χ0v) is 17.2. The Morgan fingerprint density at radius 2 is 1.93 bits per heavy atom. The maximum absolute atomic E-state index is 12.9. The SMILES string of the molecule is CC(COCC(F)(F)F)NC(=O)c1cccc(S(=O)(=O)N2CC(C)OC(C)C2)c1. The molecule has 1 aromatic rings. The van der Waals surface area contributed by atoms with Crippen LogP contribution in [0, 0.1) is 0 Å². The predicted octanol–water partition coefficient (Wildman–Crippen LogP) is 2.18. The monoisotopic (exact) mass is 438 g/mol. The lowest BCUT2D eigenvalue weighted by molar-refractivity contribution is -0.174. The fourth-order valence-corrected chi connectivity index (χ4v) is 4.61. The highest BCUT2D eigenvalue weighted by molar-refractivity contribution is 7.89. The summed E-state index contributed by atoms with van der Waals surface area (Å²) in [5.41, 5.74) is 0.0862. The van der Waals surface area contributed by atoms with Crippen LogP contribution in [0.4, 0.5) is 13.2 Å². The van der Waals surface area contributed by atoms with Crippen LogP contribution in [0.5, 0.6) is 0 Å². The maximum Gasteiger partial charge on any atom is 0.411 e. The van der Waals surface area contributed by atoms with Gasteiger partial charge >= 0.3 is 6.18 Å². The van der Waals surface area contributed by atoms with Crippen LogP contribution >= 0.6 is 0 Å². The van der Waals surface area contributed by atoms with E-state index in [1.807, 2.05) is 0 Å². The molecular formula is C18H25F3N2O5S. The van der Waals surface area contributed by atoms with Crippen molar-refractivity contribution in [1.29, 1.82) is 0 Å². The van der Waals surface area contributed by atoms with Crippen LogP contribution in [-0.4, -0.2) is 69.4 Å². The summed E-state index contributed by atoms with van der Waals surface area (Å²) < 4.78 is 73.6. The first-order valence-electron chi connectivity index (χ1n) is 9.09. The smallest absolute Gasteiger partial charge is 0.373 e. The van der Waals surface area contributed by atoms with E-state index in [0.717, 1.165) is 0 Å². The van der Waals surface area contributed by atoms with Crippen LogP contribution in [0.3, 0.4) is 0 Å². The number of carbonyl (C=O) groups is 1. The van der Waals surface area contributed by atoms with E-state index in [-0.39, 0.29) is 42.4 Å². The lowest BCUT2D eigenvalue weighted by Crippen LogP contribution is -2.48. The predicted molar refractivity (Wildman–Crippen MR) is 99.0 cm³/mol. The Morgan fingerprint density at radius 1 is 1.31 bits per heavy atom. The normalized spacial score (nSPS) is 22.3. The molecule has 3 unspecified atom stereocenters. The Kier molecular flexibility index (Phi) is 7.66. The van der Waals surface area contributed by atoms with Crippen molar-refractivity contribution in [3.63, 3.8) is 0 Å². The van der Waals surface area contributed by atoms with Crippen molar-refractivity contribution >= 4 is 15.9 Å². The Morgan fingerprint density at radius 3 is 2.52 bits per heavy atom. The van der Waals surface area contributed by atoms with Gasteiger partial charge in [0.05, 0.1) is 23.7 Å². The third-order valence-electron chi connectivity index (χ3n) is 4.13. The van der Waals surface area contributed by atoms with Gasteiger partial charge in [0.2, 0.25) is 10.0 Å². The van der Waals surface area contributed by atoms with Gasteiger partial charge < -0.3 is 14.8 Å². The molecule has 1 aromatic carbocycles. The second-order valence-corrected chi connectivity index (χ2v) is 9.05. The molecule has 11 heteroatoms. The van der Waals surface area contributed by atoms with E-state index in [0.29, 0.717) is 0 Å². The number of nitrogens with one attached hydrogen (secondary N) is 1. The lowest BCUT2D eigenvalue weighted by Gasteiger charge is -2.34. The van der Waals surface area contributed by atoms with E-state index in [4.69, 9.17) is 4.74 Å². The zero-order chi connectivity index (χ0) is 21.8. The molecule has 1 heterocycles. The number of alkyl halides is 3. The van der Waals surface area contributed by atoms with Crippen molar-refractivity contribution in [2.45, 2.75) is 50.1 Å². The van der Waals surface area contributed by atoms with Gasteiger partial charge in [0.15, 0.2) is 0 Å². The summed E-state index contributed by atoms with van der Waals surface area (Å²) in [5.74, 6) is -0.603. The van der Waals surface area contributed by atoms with Gasteiger partial charge in [0, 0.05) is 24.7 Å². The molecule has 0 bridgehead atoms. The number of carbonyl (C=O) groups excluding carboxylic acids is 1. The van der Waals surface area contributed by atoms with Gasteiger partial charge in [-0.1, -0.05) is 6.07 Å². The summed E-state index contributed by atoms with van der Waals surface area (Å²) in [7, 11) is -3.82. The minimum atomic E-state index is -4.44. The summed E-state index contributed by atoms with van der Waals surface area (Å²) in [6.07, 6.45) is -4.95. The largest absolute Gasteiger partial charge is 0.411 e. The lowest BCUT2D eigenvalue weighted by atomic mass is 10.2. The van der Waals surface area contributed by atoms with E-state index in [1.54, 1.807) is 13.8 Å². The topological polar surface area (TPSA) is 84.9 Å². The molecule has 0 radical (unpaired) electrons. The van der Waals surface area contributed by atoms with Crippen molar-refractivity contribution in [1.82, 2.24) is 9.62 Å². The highest BCUT2D eigenvalue weighted by Crippen LogP contribution is 2.22. The van der Waals surface area contributed by atoms with Gasteiger partial charge in [-0.25, -0.2) is 8.42 Å². The van der Waals surface area contributed by atoms with Crippen LogP contribution < -0.4 is 5.32 Å². The molecule has 0 aliphatic carbocycles. The Balaban J connectivity index is 2.05. The van der Waals surface area contributed by atoms with Crippen molar-refractivity contribution < 1.29 is 35.9 Å². The van der Waals surface area contributed by atoms with Crippen molar-refractivity contribution in [2.75, 3.05) is 26.3 Å². The van der Waals surface area contributed by atoms with Crippen molar-refractivity contribution in [3.05, 3.63) is 29.8 Å². The summed E-state index contributed by atoms with van der Waals surface area (Å²) in [5, 5.41) is 2.50. The van der Waals surface area contributed by atoms with E-state index < -0.39 is 34.8 Å². The molecular weight excluding hydrogens is 413 g/mol. The standard InChI is InChI=1S/C18H25F3N2O5S/c1-12(10-27-11-18(19,20)21)22-17(24)15-5-4-6-16(7-15)29(25,26)23-8-13(2)28-14(3)9-23/h4-7,12-14H,8-11H2,1-3H3,(H,22,24). The molecule has 7 nitrogen and oxygen atoms in total. The zero-order valence-electron chi connectivity index (χ0n) is 16.4. The number of rotatable bonds is 7. The third-order valence-corrected chi connectivity index (χ3v) is 5.96. The second kappa shape index (κ2) is 9.41. The Hall–Kier alpha value is -1.69. The molecule has 164 valence electrons. The molecule has 1 saturated heterocycles. The van der Waals surface area contributed by atoms with Gasteiger partial charge in [0.1, 0.15) is 6.61 Å². The van der Waals surface area contributed by atoms with Gasteiger partial charge in [-0.05, 0) is 39.0 Å². The average Bonchev–Trinajstić information content (AvgIpc) is 2.59. The first-order chi connectivity index (χ1) is 13.4. The molecule has 0 saturated carbocycles. The van der Waals surface area contributed by atoms with Crippen LogP contribution in [0.15, 0.2) is 29.2 Å². The fourth-order valence-electron chi connectivity index (χ4n) is 2.97. The van der Waals surface area contributed by atoms with Crippen LogP contribution in [0.2, 0.25) is 0 Å². The van der Waals surface area contributed by atoms with Crippen LogP contribution in [0.1, 0.15) is 31.1 Å². The van der Waals surface area contributed by atoms with E-state index in [1.165, 1.54) is 35.5 Å². The van der Waals surface area contributed by atoms with Gasteiger partial charge in [-0.2, -0.15) is 17.5 Å². The number of morpholine rings is 1. The third kappa shape index (κ3) is 6.95. The van der Waals surface area contributed by atoms with Gasteiger partial charge in [0.25, 0.3) is 5.91 Å². The first kappa shape index (κ1) is 23.6. The van der Waals surface area contributed by atoms with Crippen molar-refractivity contribution in [2.24, 2.45) is 0 Å². The Bertz CT molecular complexity index is 806. The number of ether oxygens (including phenoxy) is 2. The number of halogens is 3. The van der Waals surface area contributed by atoms with Crippen LogP contribution in [0.25, 0.3) is 0 Å². The number of sulfonamides is 1. The fraction of sp³-hybridized carbons (Fsp3) is 0.611. The number of benzene rings is 1. The highest BCUT2D eigenvalue weighted by Gasteiger charge is 2.32. The van der Waals surface area contributed by atoms with Crippen LogP contribution in [-0.2, 0) is 19.5 Å². The number of hydrogen-bond donors (Lipinski definition) is 1. The molecule has 29 heavy (non-hydrogen) atoms. The number of nitrogens with zero attached hydrogens (tertiary/aromatic N) is 1. The van der Waals surface area contributed by atoms with Gasteiger partial charge in [-0.3, -0.25) is 4.79 Å².